The lowest BCUT2D eigenvalue weighted by molar-refractivity contribution is -0.416. The number of aromatic nitrogens is 3. The Morgan fingerprint density at radius 1 is 1.16 bits per heavy atom. The zero-order valence-corrected chi connectivity index (χ0v) is 20.6. The summed E-state index contributed by atoms with van der Waals surface area (Å²) in [5, 5.41) is 8.28. The van der Waals surface area contributed by atoms with E-state index in [1.807, 2.05) is 0 Å². The molecule has 2 aromatic rings. The van der Waals surface area contributed by atoms with E-state index in [9.17, 15) is 18.0 Å². The number of carbonyl (C=O) groups is 1. The second kappa shape index (κ2) is 9.95. The van der Waals surface area contributed by atoms with Gasteiger partial charge in [-0.2, -0.15) is 0 Å². The lowest BCUT2D eigenvalue weighted by Crippen LogP contribution is -2.68. The Balaban J connectivity index is 1.57. The van der Waals surface area contributed by atoms with Crippen molar-refractivity contribution >= 4 is 5.97 Å². The molecule has 13 heteroatoms. The maximum absolute atomic E-state index is 13.9. The summed E-state index contributed by atoms with van der Waals surface area (Å²) in [6.07, 6.45) is 1.36. The summed E-state index contributed by atoms with van der Waals surface area (Å²) in [5.41, 5.74) is 0.0904. The van der Waals surface area contributed by atoms with E-state index in [-0.39, 0.29) is 24.5 Å². The quantitative estimate of drug-likeness (QED) is 0.429. The van der Waals surface area contributed by atoms with Crippen LogP contribution in [0.2, 0.25) is 0 Å². The summed E-state index contributed by atoms with van der Waals surface area (Å²) >= 11 is 0. The van der Waals surface area contributed by atoms with Crippen LogP contribution in [0.5, 0.6) is 0 Å². The number of fused-ring (bicyclic) bond motifs is 1. The molecule has 37 heavy (non-hydrogen) atoms. The van der Waals surface area contributed by atoms with Crippen LogP contribution in [0.1, 0.15) is 39.2 Å². The lowest BCUT2D eigenvalue weighted by Gasteiger charge is -2.56. The van der Waals surface area contributed by atoms with Crippen LogP contribution < -0.4 is 0 Å². The maximum atomic E-state index is 13.9. The van der Waals surface area contributed by atoms with Crippen molar-refractivity contribution in [2.75, 3.05) is 26.9 Å². The van der Waals surface area contributed by atoms with Crippen molar-refractivity contribution in [1.29, 1.82) is 0 Å². The monoisotopic (exact) mass is 527 g/mol. The molecule has 202 valence electrons. The number of rotatable bonds is 5. The number of carbonyl (C=O) groups excluding carboxylic acids is 1. The van der Waals surface area contributed by atoms with E-state index in [4.69, 9.17) is 28.4 Å². The first-order chi connectivity index (χ1) is 17.6. The van der Waals surface area contributed by atoms with Crippen LogP contribution in [0.3, 0.4) is 0 Å². The maximum Gasteiger partial charge on any atom is 0.331 e. The first-order valence-electron chi connectivity index (χ1n) is 12.0. The van der Waals surface area contributed by atoms with Gasteiger partial charge in [0.05, 0.1) is 26.5 Å². The zero-order valence-electron chi connectivity index (χ0n) is 20.6. The molecule has 4 heterocycles. The van der Waals surface area contributed by atoms with E-state index in [0.717, 1.165) is 25.0 Å². The minimum absolute atomic E-state index is 0.00450. The first kappa shape index (κ1) is 26.0. The number of methoxy groups -OCH3 is 1. The first-order valence-corrected chi connectivity index (χ1v) is 12.0. The fourth-order valence-corrected chi connectivity index (χ4v) is 5.06. The van der Waals surface area contributed by atoms with Gasteiger partial charge in [0.25, 0.3) is 0 Å². The molecule has 0 amide bonds. The molecular weight excluding hydrogens is 499 g/mol. The molecule has 0 aliphatic carbocycles. The van der Waals surface area contributed by atoms with Crippen molar-refractivity contribution in [3.8, 4) is 11.3 Å². The topological polar surface area (TPSA) is 103 Å². The Labute approximate surface area is 210 Å². The summed E-state index contributed by atoms with van der Waals surface area (Å²) < 4.78 is 78.3. The van der Waals surface area contributed by atoms with E-state index in [1.54, 1.807) is 13.8 Å². The van der Waals surface area contributed by atoms with Gasteiger partial charge < -0.3 is 28.4 Å². The third-order valence-electron chi connectivity index (χ3n) is 6.78. The summed E-state index contributed by atoms with van der Waals surface area (Å²) in [4.78, 5) is 12.0. The smallest absolute Gasteiger partial charge is 0.331 e. The number of ether oxygens (including phenoxy) is 6. The Hall–Kier alpha value is -2.58. The Bertz CT molecular complexity index is 1130. The highest BCUT2D eigenvalue weighted by Crippen LogP contribution is 2.47. The molecule has 0 unspecified atom stereocenters. The number of hydrogen-bond donors (Lipinski definition) is 0. The van der Waals surface area contributed by atoms with Gasteiger partial charge in [-0.25, -0.2) is 22.6 Å². The number of halogens is 3. The van der Waals surface area contributed by atoms with E-state index in [0.29, 0.717) is 13.0 Å². The van der Waals surface area contributed by atoms with Crippen LogP contribution in [-0.4, -0.2) is 77.8 Å². The highest BCUT2D eigenvalue weighted by Gasteiger charge is 2.61. The molecule has 0 saturated carbocycles. The molecule has 10 nitrogen and oxygen atoms in total. The summed E-state index contributed by atoms with van der Waals surface area (Å²) in [6.45, 7) is 3.72. The van der Waals surface area contributed by atoms with Crippen molar-refractivity contribution in [1.82, 2.24) is 15.0 Å². The van der Waals surface area contributed by atoms with Crippen LogP contribution in [0.25, 0.3) is 11.3 Å². The molecular formula is C24H28F3N3O7. The van der Waals surface area contributed by atoms with Gasteiger partial charge in [0.1, 0.15) is 36.7 Å². The number of benzene rings is 1. The predicted molar refractivity (Wildman–Crippen MR) is 118 cm³/mol. The van der Waals surface area contributed by atoms with Gasteiger partial charge in [0.2, 0.25) is 0 Å². The minimum Gasteiger partial charge on any atom is -0.467 e. The Morgan fingerprint density at radius 3 is 2.59 bits per heavy atom. The van der Waals surface area contributed by atoms with E-state index >= 15 is 0 Å². The van der Waals surface area contributed by atoms with E-state index in [2.05, 4.69) is 10.3 Å². The standard InChI is InChI=1S/C24H28F3N3O7/c1-23(2)35-11-17-21(37-23)20(22(33-12-18(31)32-3)24(36-17)6-4-5-7-34-24)30-10-16(28-29-30)13-8-14(25)19(27)15(26)9-13/h8-10,17,20-22H,4-7,11-12H2,1-3H3/t17-,20+,21+,22-,24+/m1/s1. The van der Waals surface area contributed by atoms with Gasteiger partial charge in [0.15, 0.2) is 29.0 Å². The third kappa shape index (κ3) is 4.98. The third-order valence-corrected chi connectivity index (χ3v) is 6.78. The van der Waals surface area contributed by atoms with Gasteiger partial charge in [-0.15, -0.1) is 5.10 Å². The van der Waals surface area contributed by atoms with Gasteiger partial charge in [-0.3, -0.25) is 0 Å². The molecule has 3 aliphatic rings. The van der Waals surface area contributed by atoms with Gasteiger partial charge in [-0.05, 0) is 38.8 Å². The molecule has 5 atom stereocenters. The summed E-state index contributed by atoms with van der Waals surface area (Å²) in [5.74, 6) is -7.09. The largest absolute Gasteiger partial charge is 0.467 e. The van der Waals surface area contributed by atoms with Gasteiger partial charge in [0, 0.05) is 12.0 Å². The second-order valence-electron chi connectivity index (χ2n) is 9.70. The van der Waals surface area contributed by atoms with Crippen LogP contribution in [0.4, 0.5) is 13.2 Å². The van der Waals surface area contributed by atoms with Crippen LogP contribution in [0.15, 0.2) is 18.3 Å². The van der Waals surface area contributed by atoms with Crippen LogP contribution in [-0.2, 0) is 33.2 Å². The zero-order chi connectivity index (χ0) is 26.4. The number of hydrogen-bond acceptors (Lipinski definition) is 9. The fourth-order valence-electron chi connectivity index (χ4n) is 5.06. The molecule has 1 spiro atoms. The molecule has 0 N–H and O–H groups in total. The molecule has 3 aliphatic heterocycles. The van der Waals surface area contributed by atoms with Gasteiger partial charge >= 0.3 is 5.97 Å². The Morgan fingerprint density at radius 2 is 1.92 bits per heavy atom. The molecule has 0 radical (unpaired) electrons. The average Bonchev–Trinajstić information content (AvgIpc) is 3.36. The van der Waals surface area contributed by atoms with Crippen molar-refractivity contribution in [2.24, 2.45) is 0 Å². The number of nitrogens with zero attached hydrogens (tertiary/aromatic N) is 3. The molecule has 0 bridgehead atoms. The predicted octanol–water partition coefficient (Wildman–Crippen LogP) is 2.91. The fraction of sp³-hybridized carbons (Fsp3) is 0.625. The van der Waals surface area contributed by atoms with Crippen LogP contribution >= 0.6 is 0 Å². The van der Waals surface area contributed by atoms with Crippen LogP contribution in [0, 0.1) is 17.5 Å². The molecule has 1 aromatic carbocycles. The molecule has 1 aromatic heterocycles. The van der Waals surface area contributed by atoms with E-state index < -0.39 is 59.3 Å². The lowest BCUT2D eigenvalue weighted by atomic mass is 9.85. The minimum atomic E-state index is -1.58. The highest BCUT2D eigenvalue weighted by molar-refractivity contribution is 5.70. The highest BCUT2D eigenvalue weighted by atomic mass is 19.2. The summed E-state index contributed by atoms with van der Waals surface area (Å²) in [7, 11) is 1.25. The number of esters is 1. The van der Waals surface area contributed by atoms with Crippen molar-refractivity contribution in [3.63, 3.8) is 0 Å². The van der Waals surface area contributed by atoms with E-state index in [1.165, 1.54) is 18.0 Å². The van der Waals surface area contributed by atoms with Crippen molar-refractivity contribution in [2.45, 2.75) is 69.0 Å². The molecule has 3 saturated heterocycles. The Kier molecular flexibility index (Phi) is 7.00. The average molecular weight is 527 g/mol. The normalized spacial score (nSPS) is 31.2. The van der Waals surface area contributed by atoms with Crippen molar-refractivity contribution in [3.05, 3.63) is 35.8 Å². The van der Waals surface area contributed by atoms with Gasteiger partial charge in [-0.1, -0.05) is 5.21 Å². The molecule has 3 fully saturated rings. The second-order valence-corrected chi connectivity index (χ2v) is 9.70. The SMILES string of the molecule is COC(=O)CO[C@@H]1[C@@H](n2cc(-c3cc(F)c(F)c(F)c3)nn2)[C@H]2OC(C)(C)OC[C@H]2O[C@@]12CCCCO2. The molecule has 5 rings (SSSR count). The van der Waals surface area contributed by atoms with Crippen molar-refractivity contribution < 1.29 is 46.4 Å². The summed E-state index contributed by atoms with van der Waals surface area (Å²) in [6, 6.07) is 0.927.